The van der Waals surface area contributed by atoms with Crippen LogP contribution in [-0.4, -0.2) is 16.5 Å². The summed E-state index contributed by atoms with van der Waals surface area (Å²) in [5.41, 5.74) is 0.773. The number of rotatable bonds is 6. The van der Waals surface area contributed by atoms with Gasteiger partial charge in [-0.1, -0.05) is 22.0 Å². The summed E-state index contributed by atoms with van der Waals surface area (Å²) in [5, 5.41) is 14.2. The SMILES string of the molecule is CCNc1ncccc1COc1ccc(Br)cc1[N+](=O)[O-]. The van der Waals surface area contributed by atoms with Crippen LogP contribution in [0.4, 0.5) is 11.5 Å². The number of anilines is 1. The van der Waals surface area contributed by atoms with E-state index in [-0.39, 0.29) is 18.0 Å². The van der Waals surface area contributed by atoms with Crippen molar-refractivity contribution < 1.29 is 9.66 Å². The maximum atomic E-state index is 11.0. The summed E-state index contributed by atoms with van der Waals surface area (Å²) in [6, 6.07) is 8.37. The molecule has 110 valence electrons. The topological polar surface area (TPSA) is 77.3 Å². The average molecular weight is 352 g/mol. The van der Waals surface area contributed by atoms with Gasteiger partial charge in [0.25, 0.3) is 0 Å². The molecule has 1 heterocycles. The molecule has 0 aliphatic carbocycles. The molecule has 2 rings (SSSR count). The molecule has 7 heteroatoms. The van der Waals surface area contributed by atoms with Crippen molar-refractivity contribution in [2.75, 3.05) is 11.9 Å². The highest BCUT2D eigenvalue weighted by Gasteiger charge is 2.16. The van der Waals surface area contributed by atoms with Crippen LogP contribution < -0.4 is 10.1 Å². The molecule has 0 amide bonds. The minimum atomic E-state index is -0.464. The number of ether oxygens (including phenoxy) is 1. The number of nitrogens with one attached hydrogen (secondary N) is 1. The third kappa shape index (κ3) is 3.91. The summed E-state index contributed by atoms with van der Waals surface area (Å²) >= 11 is 3.21. The van der Waals surface area contributed by atoms with Gasteiger partial charge in [0.2, 0.25) is 0 Å². The quantitative estimate of drug-likeness (QED) is 0.633. The molecular formula is C14H14BrN3O3. The molecule has 1 N–H and O–H groups in total. The number of benzene rings is 1. The van der Waals surface area contributed by atoms with Gasteiger partial charge in [0.1, 0.15) is 12.4 Å². The summed E-state index contributed by atoms with van der Waals surface area (Å²) in [6.45, 7) is 2.92. The zero-order valence-electron chi connectivity index (χ0n) is 11.4. The van der Waals surface area contributed by atoms with Gasteiger partial charge in [-0.2, -0.15) is 0 Å². The van der Waals surface area contributed by atoms with Crippen LogP contribution in [0.25, 0.3) is 0 Å². The van der Waals surface area contributed by atoms with Crippen LogP contribution in [-0.2, 0) is 6.61 Å². The fraction of sp³-hybridized carbons (Fsp3) is 0.214. The Balaban J connectivity index is 2.19. The first-order valence-electron chi connectivity index (χ1n) is 6.36. The number of pyridine rings is 1. The molecule has 0 radical (unpaired) electrons. The number of hydrogen-bond acceptors (Lipinski definition) is 5. The van der Waals surface area contributed by atoms with Crippen molar-refractivity contribution in [1.29, 1.82) is 0 Å². The summed E-state index contributed by atoms with van der Waals surface area (Å²) in [7, 11) is 0. The van der Waals surface area contributed by atoms with Crippen LogP contribution in [0.2, 0.25) is 0 Å². The van der Waals surface area contributed by atoms with E-state index < -0.39 is 4.92 Å². The lowest BCUT2D eigenvalue weighted by Crippen LogP contribution is -2.06. The van der Waals surface area contributed by atoms with Crippen molar-refractivity contribution in [3.05, 3.63) is 56.7 Å². The molecule has 1 aromatic heterocycles. The molecule has 0 unspecified atom stereocenters. The first-order chi connectivity index (χ1) is 10.1. The summed E-state index contributed by atoms with van der Waals surface area (Å²) in [4.78, 5) is 14.8. The molecule has 0 spiro atoms. The third-order valence-electron chi connectivity index (χ3n) is 2.74. The predicted molar refractivity (Wildman–Crippen MR) is 83.5 cm³/mol. The Morgan fingerprint density at radius 2 is 2.24 bits per heavy atom. The maximum Gasteiger partial charge on any atom is 0.312 e. The molecule has 0 saturated carbocycles. The van der Waals surface area contributed by atoms with Crippen molar-refractivity contribution in [2.45, 2.75) is 13.5 Å². The fourth-order valence-corrected chi connectivity index (χ4v) is 2.14. The number of halogens is 1. The van der Waals surface area contributed by atoms with Crippen molar-refractivity contribution in [3.63, 3.8) is 0 Å². The molecule has 1 aromatic carbocycles. The molecule has 21 heavy (non-hydrogen) atoms. The standard InChI is InChI=1S/C14H14BrN3O3/c1-2-16-14-10(4-3-7-17-14)9-21-13-6-5-11(15)8-12(13)18(19)20/h3-8H,2,9H2,1H3,(H,16,17). The van der Waals surface area contributed by atoms with E-state index in [2.05, 4.69) is 26.2 Å². The molecular weight excluding hydrogens is 338 g/mol. The maximum absolute atomic E-state index is 11.0. The average Bonchev–Trinajstić information content (AvgIpc) is 2.47. The van der Waals surface area contributed by atoms with Crippen molar-refractivity contribution in [1.82, 2.24) is 4.98 Å². The van der Waals surface area contributed by atoms with Gasteiger partial charge in [0.15, 0.2) is 5.75 Å². The van der Waals surface area contributed by atoms with E-state index in [1.165, 1.54) is 6.07 Å². The Hall–Kier alpha value is -2.15. The third-order valence-corrected chi connectivity index (χ3v) is 3.23. The molecule has 0 saturated heterocycles. The van der Waals surface area contributed by atoms with Gasteiger partial charge in [0.05, 0.1) is 4.92 Å². The van der Waals surface area contributed by atoms with Crippen molar-refractivity contribution in [2.24, 2.45) is 0 Å². The fourth-order valence-electron chi connectivity index (χ4n) is 1.79. The van der Waals surface area contributed by atoms with Gasteiger partial charge in [-0.15, -0.1) is 0 Å². The van der Waals surface area contributed by atoms with E-state index in [4.69, 9.17) is 4.74 Å². The highest BCUT2D eigenvalue weighted by atomic mass is 79.9. The van der Waals surface area contributed by atoms with Crippen LogP contribution in [0.3, 0.4) is 0 Å². The normalized spacial score (nSPS) is 10.2. The van der Waals surface area contributed by atoms with Crippen LogP contribution in [0, 0.1) is 10.1 Å². The Bertz CT molecular complexity index is 649. The van der Waals surface area contributed by atoms with Crippen LogP contribution in [0.5, 0.6) is 5.75 Å². The second-order valence-electron chi connectivity index (χ2n) is 4.20. The van der Waals surface area contributed by atoms with Gasteiger partial charge in [-0.25, -0.2) is 4.98 Å². The van der Waals surface area contributed by atoms with E-state index in [9.17, 15) is 10.1 Å². The zero-order valence-corrected chi connectivity index (χ0v) is 13.0. The summed E-state index contributed by atoms with van der Waals surface area (Å²) in [5.74, 6) is 0.953. The van der Waals surface area contributed by atoms with Crippen LogP contribution >= 0.6 is 15.9 Å². The molecule has 0 aliphatic heterocycles. The Morgan fingerprint density at radius 1 is 1.43 bits per heavy atom. The lowest BCUT2D eigenvalue weighted by molar-refractivity contribution is -0.386. The highest BCUT2D eigenvalue weighted by Crippen LogP contribution is 2.31. The van der Waals surface area contributed by atoms with Gasteiger partial charge in [-0.05, 0) is 25.1 Å². The smallest absolute Gasteiger partial charge is 0.312 e. The molecule has 0 bridgehead atoms. The van der Waals surface area contributed by atoms with Gasteiger partial charge in [-0.3, -0.25) is 10.1 Å². The largest absolute Gasteiger partial charge is 0.482 e. The highest BCUT2D eigenvalue weighted by molar-refractivity contribution is 9.10. The predicted octanol–water partition coefficient (Wildman–Crippen LogP) is 3.76. The van der Waals surface area contributed by atoms with Gasteiger partial charge in [0, 0.05) is 28.8 Å². The second kappa shape index (κ2) is 7.03. The van der Waals surface area contributed by atoms with Crippen molar-refractivity contribution >= 4 is 27.4 Å². The lowest BCUT2D eigenvalue weighted by atomic mass is 10.2. The molecule has 6 nitrogen and oxygen atoms in total. The van der Waals surface area contributed by atoms with E-state index >= 15 is 0 Å². The van der Waals surface area contributed by atoms with Crippen LogP contribution in [0.15, 0.2) is 41.0 Å². The first kappa shape index (κ1) is 15.2. The summed E-state index contributed by atoms with van der Waals surface area (Å²) < 4.78 is 6.22. The number of nitro groups is 1. The van der Waals surface area contributed by atoms with Crippen LogP contribution in [0.1, 0.15) is 12.5 Å². The van der Waals surface area contributed by atoms with E-state index in [1.54, 1.807) is 24.4 Å². The second-order valence-corrected chi connectivity index (χ2v) is 5.11. The number of aromatic nitrogens is 1. The summed E-state index contributed by atoms with van der Waals surface area (Å²) in [6.07, 6.45) is 1.68. The molecule has 0 atom stereocenters. The van der Waals surface area contributed by atoms with E-state index in [0.29, 0.717) is 4.47 Å². The van der Waals surface area contributed by atoms with Gasteiger partial charge >= 0.3 is 5.69 Å². The van der Waals surface area contributed by atoms with E-state index in [0.717, 1.165) is 17.9 Å². The van der Waals surface area contributed by atoms with Gasteiger partial charge < -0.3 is 10.1 Å². The monoisotopic (exact) mass is 351 g/mol. The number of nitro benzene ring substituents is 1. The minimum Gasteiger partial charge on any atom is -0.482 e. The first-order valence-corrected chi connectivity index (χ1v) is 7.15. The number of nitrogens with zero attached hydrogens (tertiary/aromatic N) is 2. The molecule has 2 aromatic rings. The molecule has 0 aliphatic rings. The minimum absolute atomic E-state index is 0.0710. The Kier molecular flexibility index (Phi) is 5.10. The lowest BCUT2D eigenvalue weighted by Gasteiger charge is -2.11. The molecule has 0 fully saturated rings. The number of hydrogen-bond donors (Lipinski definition) is 1. The Morgan fingerprint density at radius 3 is 2.95 bits per heavy atom. The van der Waals surface area contributed by atoms with E-state index in [1.807, 2.05) is 13.0 Å². The zero-order chi connectivity index (χ0) is 15.2. The Labute approximate surface area is 130 Å². The van der Waals surface area contributed by atoms with Crippen molar-refractivity contribution in [3.8, 4) is 5.75 Å².